The number of hydrogen-bond donors (Lipinski definition) is 5. The number of amides is 2. The fourth-order valence-electron chi connectivity index (χ4n) is 5.11. The zero-order valence-corrected chi connectivity index (χ0v) is 27.2. The summed E-state index contributed by atoms with van der Waals surface area (Å²) in [4.78, 5) is 46.8. The van der Waals surface area contributed by atoms with E-state index < -0.39 is 43.6 Å². The lowest BCUT2D eigenvalue weighted by atomic mass is 9.83. The lowest BCUT2D eigenvalue weighted by Gasteiger charge is -2.20. The van der Waals surface area contributed by atoms with E-state index in [-0.39, 0.29) is 62.1 Å². The van der Waals surface area contributed by atoms with Crippen LogP contribution in [0.3, 0.4) is 0 Å². The number of carbonyl (C=O) groups excluding carboxylic acids is 3. The third-order valence-corrected chi connectivity index (χ3v) is 8.99. The van der Waals surface area contributed by atoms with Crippen LogP contribution in [0, 0.1) is 18.8 Å². The van der Waals surface area contributed by atoms with Crippen LogP contribution in [0.15, 0.2) is 16.8 Å². The Hall–Kier alpha value is -3.34. The summed E-state index contributed by atoms with van der Waals surface area (Å²) < 4.78 is 66.9. The molecule has 1 aliphatic rings. The van der Waals surface area contributed by atoms with E-state index in [0.717, 1.165) is 5.70 Å². The Kier molecular flexibility index (Phi) is 13.5. The number of carbonyl (C=O) groups is 3. The molecule has 0 saturated heterocycles. The minimum absolute atomic E-state index is 0.0102. The first kappa shape index (κ1) is 36.8. The molecular weight excluding hydrogens is 616 g/mol. The average molecular weight is 659 g/mol. The molecule has 0 aliphatic carbocycles. The third-order valence-electron chi connectivity index (χ3n) is 7.38. The van der Waals surface area contributed by atoms with Crippen molar-refractivity contribution < 1.29 is 45.1 Å². The second-order valence-electron chi connectivity index (χ2n) is 10.5. The summed E-state index contributed by atoms with van der Waals surface area (Å²) in [5.74, 6) is -2.86. The quantitative estimate of drug-likeness (QED) is 0.100. The molecule has 2 heterocycles. The third kappa shape index (κ3) is 10.7. The van der Waals surface area contributed by atoms with Crippen LogP contribution in [-0.2, 0) is 34.6 Å². The first-order valence-electron chi connectivity index (χ1n) is 14.2. The number of nitrogens with zero attached hydrogens (tertiary/aromatic N) is 1. The molecule has 0 unspecified atom stereocenters. The maximum Gasteiger partial charge on any atom is 0.310 e. The molecule has 1 aliphatic heterocycles. The summed E-state index contributed by atoms with van der Waals surface area (Å²) in [6.07, 6.45) is 3.82. The number of H-pyrrole nitrogens is 1. The Balaban J connectivity index is 2.53. The summed E-state index contributed by atoms with van der Waals surface area (Å²) in [7, 11) is -7.07. The molecule has 0 saturated carbocycles. The highest BCUT2D eigenvalue weighted by atomic mass is 32.2. The highest BCUT2D eigenvalue weighted by molar-refractivity contribution is 7.86. The summed E-state index contributed by atoms with van der Waals surface area (Å²) in [6.45, 7) is 7.33. The van der Waals surface area contributed by atoms with Gasteiger partial charge in [-0.25, -0.2) is 0 Å². The van der Waals surface area contributed by atoms with Crippen molar-refractivity contribution in [2.24, 2.45) is 16.8 Å². The summed E-state index contributed by atoms with van der Waals surface area (Å²) >= 11 is 0. The van der Waals surface area contributed by atoms with Gasteiger partial charge in [-0.3, -0.25) is 28.5 Å². The molecule has 2 rings (SSSR count). The van der Waals surface area contributed by atoms with Crippen LogP contribution in [0.1, 0.15) is 68.8 Å². The van der Waals surface area contributed by atoms with Gasteiger partial charge in [0.1, 0.15) is 0 Å². The zero-order chi connectivity index (χ0) is 33.2. The van der Waals surface area contributed by atoms with Gasteiger partial charge in [0.15, 0.2) is 0 Å². The summed E-state index contributed by atoms with van der Waals surface area (Å²) in [6, 6.07) is 0. The maximum absolute atomic E-state index is 13.4. The first-order chi connectivity index (χ1) is 20.5. The Labute approximate surface area is 257 Å². The van der Waals surface area contributed by atoms with E-state index in [1.54, 1.807) is 19.9 Å². The van der Waals surface area contributed by atoms with Crippen LogP contribution in [-0.4, -0.2) is 86.1 Å². The highest BCUT2D eigenvalue weighted by Gasteiger charge is 2.35. The van der Waals surface area contributed by atoms with Crippen LogP contribution >= 0.6 is 0 Å². The van der Waals surface area contributed by atoms with E-state index in [1.165, 1.54) is 7.11 Å². The first-order valence-corrected chi connectivity index (χ1v) is 17.4. The van der Waals surface area contributed by atoms with Gasteiger partial charge in [0, 0.05) is 48.0 Å². The molecule has 1 aromatic rings. The topological polar surface area (TPSA) is 221 Å². The van der Waals surface area contributed by atoms with E-state index in [4.69, 9.17) is 18.8 Å². The van der Waals surface area contributed by atoms with Gasteiger partial charge < -0.3 is 20.4 Å². The fraction of sp³-hybridized carbons (Fsp3) is 0.571. The number of ether oxygens (including phenoxy) is 1. The second kappa shape index (κ2) is 16.1. The second-order valence-corrected chi connectivity index (χ2v) is 13.6. The average Bonchev–Trinajstić information content (AvgIpc) is 3.44. The number of methoxy groups -OCH3 is 1. The van der Waals surface area contributed by atoms with Crippen LogP contribution in [0.5, 0.6) is 0 Å². The molecule has 2 atom stereocenters. The van der Waals surface area contributed by atoms with Gasteiger partial charge in [0.2, 0.25) is 5.91 Å². The zero-order valence-electron chi connectivity index (χ0n) is 25.6. The van der Waals surface area contributed by atoms with Crippen LogP contribution < -0.4 is 21.3 Å². The largest absolute Gasteiger partial charge is 0.469 e. The molecule has 14 nitrogen and oxygen atoms in total. The van der Waals surface area contributed by atoms with Gasteiger partial charge in [0.05, 0.1) is 41.7 Å². The smallest absolute Gasteiger partial charge is 0.310 e. The van der Waals surface area contributed by atoms with Crippen molar-refractivity contribution >= 4 is 55.4 Å². The fourth-order valence-corrected chi connectivity index (χ4v) is 6.13. The number of rotatable bonds is 15. The monoisotopic (exact) mass is 658 g/mol. The molecule has 246 valence electrons. The lowest BCUT2D eigenvalue weighted by molar-refractivity contribution is -0.139. The predicted octanol–water partition coefficient (Wildman–Crippen LogP) is 0.630. The molecule has 1 aromatic heterocycles. The van der Waals surface area contributed by atoms with E-state index in [9.17, 15) is 31.2 Å². The van der Waals surface area contributed by atoms with Crippen LogP contribution in [0.25, 0.3) is 11.6 Å². The van der Waals surface area contributed by atoms with Crippen molar-refractivity contribution in [3.05, 3.63) is 33.6 Å². The van der Waals surface area contributed by atoms with Crippen molar-refractivity contribution in [1.29, 1.82) is 0 Å². The molecule has 5 N–H and O–H groups in total. The normalized spacial score (nSPS) is 19.1. The maximum atomic E-state index is 13.4. The number of aromatic amines is 1. The Morgan fingerprint density at radius 2 is 1.59 bits per heavy atom. The van der Waals surface area contributed by atoms with Gasteiger partial charge in [-0.05, 0) is 45.6 Å². The Morgan fingerprint density at radius 3 is 2.11 bits per heavy atom. The highest BCUT2D eigenvalue weighted by Crippen LogP contribution is 2.37. The Morgan fingerprint density at radius 1 is 1.00 bits per heavy atom. The summed E-state index contributed by atoms with van der Waals surface area (Å²) in [5.41, 5.74) is 2.50. The van der Waals surface area contributed by atoms with E-state index in [1.807, 2.05) is 19.9 Å². The van der Waals surface area contributed by atoms with E-state index >= 15 is 0 Å². The van der Waals surface area contributed by atoms with Gasteiger partial charge in [-0.2, -0.15) is 16.8 Å². The Bertz CT molecular complexity index is 1640. The molecule has 16 heteroatoms. The number of allylic oxidation sites excluding steroid dienone is 2. The standard InChI is InChI=1S/C28H42N4O10S2/c1-6-21-17(3)19(10-11-23(33)29-12-8-14-43(36,37)38)26(31-21)20(16-24(34)42-5)27-25(18(4)22(7-2)32-27)28(35)30-13-9-15-44(39,40)41/h6-7,17,19,32H,8-16H2,1-5H3,(H,29,33)(H,30,35)(H,36,37,38)(H,39,40,41)/b21-6-,22-7-,27-20?/t17-,19-/m0/s1. The van der Waals surface area contributed by atoms with Crippen molar-refractivity contribution in [3.63, 3.8) is 0 Å². The molecule has 44 heavy (non-hydrogen) atoms. The minimum atomic E-state index is -4.19. The van der Waals surface area contributed by atoms with Gasteiger partial charge >= 0.3 is 5.97 Å². The van der Waals surface area contributed by atoms with E-state index in [0.29, 0.717) is 34.0 Å². The van der Waals surface area contributed by atoms with Crippen LogP contribution in [0.4, 0.5) is 0 Å². The lowest BCUT2D eigenvalue weighted by Crippen LogP contribution is -2.33. The molecule has 2 amide bonds. The number of aromatic nitrogens is 1. The molecule has 0 fully saturated rings. The SMILES string of the molecule is C/C=C1\N=C(C(CC(=O)OC)=c2[nH]/c(=C\C)c(C)c2C(=O)NCCCS(=O)(=O)O)[C@@H](CCC(=O)NCCCS(=O)(=O)O)[C@@H]1C. The molecule has 0 spiro atoms. The minimum Gasteiger partial charge on any atom is -0.469 e. The van der Waals surface area contributed by atoms with Crippen molar-refractivity contribution in [2.75, 3.05) is 31.7 Å². The van der Waals surface area contributed by atoms with E-state index in [2.05, 4.69) is 15.6 Å². The van der Waals surface area contributed by atoms with Crippen molar-refractivity contribution in [2.45, 2.75) is 59.8 Å². The molecule has 0 aromatic carbocycles. The van der Waals surface area contributed by atoms with Crippen molar-refractivity contribution in [3.8, 4) is 0 Å². The molecule has 0 radical (unpaired) electrons. The predicted molar refractivity (Wildman–Crippen MR) is 165 cm³/mol. The summed E-state index contributed by atoms with van der Waals surface area (Å²) in [5, 5.41) is 6.30. The van der Waals surface area contributed by atoms with Gasteiger partial charge in [0.25, 0.3) is 26.1 Å². The number of esters is 1. The van der Waals surface area contributed by atoms with Crippen molar-refractivity contribution in [1.82, 2.24) is 15.6 Å². The van der Waals surface area contributed by atoms with Gasteiger partial charge in [-0.15, -0.1) is 0 Å². The van der Waals surface area contributed by atoms with Gasteiger partial charge in [-0.1, -0.05) is 19.1 Å². The number of nitrogens with one attached hydrogen (secondary N) is 3. The van der Waals surface area contributed by atoms with Crippen LogP contribution in [0.2, 0.25) is 0 Å². The molecular formula is C28H42N4O10S2. The molecule has 0 bridgehead atoms. The number of hydrogen-bond acceptors (Lipinski definition) is 9. The number of aliphatic imine (C=N–C) groups is 1.